The molecule has 9 heteroatoms. The number of allylic oxidation sites excluding steroid dienone is 3. The van der Waals surface area contributed by atoms with Gasteiger partial charge in [-0.05, 0) is 49.7 Å². The first-order valence-electron chi connectivity index (χ1n) is 12.5. The molecule has 1 unspecified atom stereocenters. The van der Waals surface area contributed by atoms with E-state index in [2.05, 4.69) is 27.2 Å². The molecular weight excluding hydrogens is 486 g/mol. The van der Waals surface area contributed by atoms with E-state index in [-0.39, 0.29) is 29.7 Å². The third-order valence-corrected chi connectivity index (χ3v) is 8.25. The van der Waals surface area contributed by atoms with Gasteiger partial charge in [0, 0.05) is 54.1 Å². The van der Waals surface area contributed by atoms with Crippen LogP contribution in [0.3, 0.4) is 0 Å². The van der Waals surface area contributed by atoms with Gasteiger partial charge in [0.05, 0.1) is 17.4 Å². The van der Waals surface area contributed by atoms with Gasteiger partial charge in [0.2, 0.25) is 0 Å². The largest absolute Gasteiger partial charge is 0.332 e. The van der Waals surface area contributed by atoms with Crippen molar-refractivity contribution in [3.8, 4) is 0 Å². The van der Waals surface area contributed by atoms with E-state index in [1.54, 1.807) is 24.3 Å². The zero-order valence-electron chi connectivity index (χ0n) is 20.5. The number of likely N-dealkylation sites (N-methyl/N-ethyl adjacent to an activating group) is 1. The highest BCUT2D eigenvalue weighted by Gasteiger charge is 2.33. The van der Waals surface area contributed by atoms with E-state index in [1.165, 1.54) is 22.3 Å². The van der Waals surface area contributed by atoms with Gasteiger partial charge in [-0.15, -0.1) is 11.3 Å². The summed E-state index contributed by atoms with van der Waals surface area (Å²) in [6.07, 6.45) is 11.2. The number of dihydropyridines is 1. The average Bonchev–Trinajstić information content (AvgIpc) is 3.54. The number of carbonyl (C=O) groups excluding carboxylic acids is 3. The van der Waals surface area contributed by atoms with Crippen LogP contribution in [0.4, 0.5) is 5.13 Å². The summed E-state index contributed by atoms with van der Waals surface area (Å²) in [5, 5.41) is 3.60. The lowest BCUT2D eigenvalue weighted by Crippen LogP contribution is -2.33. The molecule has 1 saturated heterocycles. The molecule has 0 bridgehead atoms. The van der Waals surface area contributed by atoms with Gasteiger partial charge >= 0.3 is 0 Å². The van der Waals surface area contributed by atoms with E-state index >= 15 is 0 Å². The fraction of sp³-hybridized carbons (Fsp3) is 0.321. The quantitative estimate of drug-likeness (QED) is 0.673. The summed E-state index contributed by atoms with van der Waals surface area (Å²) in [6.45, 7) is 2.49. The predicted octanol–water partition coefficient (Wildman–Crippen LogP) is 3.70. The Kier molecular flexibility index (Phi) is 6.18. The van der Waals surface area contributed by atoms with Crippen molar-refractivity contribution in [3.63, 3.8) is 0 Å². The molecule has 1 N–H and O–H groups in total. The van der Waals surface area contributed by atoms with Crippen molar-refractivity contribution in [1.82, 2.24) is 14.8 Å². The Bertz CT molecular complexity index is 1420. The van der Waals surface area contributed by atoms with Gasteiger partial charge in [-0.3, -0.25) is 19.7 Å². The first-order valence-corrected chi connectivity index (χ1v) is 13.4. The van der Waals surface area contributed by atoms with Crippen LogP contribution < -0.4 is 5.32 Å². The van der Waals surface area contributed by atoms with Gasteiger partial charge in [-0.1, -0.05) is 24.3 Å². The van der Waals surface area contributed by atoms with Crippen molar-refractivity contribution < 1.29 is 14.4 Å². The standard InChI is InChI=1S/C28H27N5O3S/c1-32-13-11-22-24(16-32)37-28(30-22)31-26(35)19-5-2-4-18(15-19)23-6-3-12-33(23)27(36)20-7-9-21-17(14-20)8-10-25(34)29-21/h2,4-5,7-10,14-15,17,23H,3,6,11-13,16H2,1H3,(H,30,31,35)/t17?,23-/m1/s1. The highest BCUT2D eigenvalue weighted by Crippen LogP contribution is 2.35. The number of aliphatic imine (C=N–C) groups is 1. The molecule has 6 rings (SSSR count). The molecule has 0 spiro atoms. The van der Waals surface area contributed by atoms with Crippen LogP contribution in [0.25, 0.3) is 0 Å². The number of carbonyl (C=O) groups is 3. The zero-order valence-corrected chi connectivity index (χ0v) is 21.3. The first kappa shape index (κ1) is 23.7. The molecule has 1 aliphatic carbocycles. The first-order chi connectivity index (χ1) is 17.9. The third kappa shape index (κ3) is 4.72. The number of nitrogens with one attached hydrogen (secondary N) is 1. The molecule has 188 valence electrons. The summed E-state index contributed by atoms with van der Waals surface area (Å²) in [5.41, 5.74) is 3.84. The van der Waals surface area contributed by atoms with E-state index in [9.17, 15) is 14.4 Å². The fourth-order valence-corrected chi connectivity index (χ4v) is 6.42. The van der Waals surface area contributed by atoms with E-state index in [4.69, 9.17) is 0 Å². The van der Waals surface area contributed by atoms with Crippen LogP contribution >= 0.6 is 11.3 Å². The number of thiazole rings is 1. The van der Waals surface area contributed by atoms with Gasteiger partial charge in [-0.2, -0.15) is 0 Å². The number of fused-ring (bicyclic) bond motifs is 2. The number of hydrogen-bond donors (Lipinski definition) is 1. The molecule has 1 fully saturated rings. The monoisotopic (exact) mass is 513 g/mol. The van der Waals surface area contributed by atoms with E-state index in [0.717, 1.165) is 43.6 Å². The molecule has 1 aromatic carbocycles. The fourth-order valence-electron chi connectivity index (χ4n) is 5.33. The number of benzene rings is 1. The second-order valence-electron chi connectivity index (χ2n) is 9.83. The summed E-state index contributed by atoms with van der Waals surface area (Å²) in [7, 11) is 2.09. The molecule has 37 heavy (non-hydrogen) atoms. The number of aromatic nitrogens is 1. The smallest absolute Gasteiger partial charge is 0.269 e. The SMILES string of the molecule is CN1CCc2nc(NC(=O)c3cccc([C@H]4CCCN4C(=O)C4=CC5C=CC(=O)N=C5C=C4)c3)sc2C1. The van der Waals surface area contributed by atoms with Gasteiger partial charge < -0.3 is 9.80 Å². The molecular formula is C28H27N5O3S. The third-order valence-electron chi connectivity index (χ3n) is 7.26. The highest BCUT2D eigenvalue weighted by atomic mass is 32.1. The summed E-state index contributed by atoms with van der Waals surface area (Å²) < 4.78 is 0. The number of hydrogen-bond acceptors (Lipinski definition) is 6. The van der Waals surface area contributed by atoms with Crippen molar-refractivity contribution in [1.29, 1.82) is 0 Å². The minimum Gasteiger partial charge on any atom is -0.332 e. The molecule has 0 saturated carbocycles. The molecule has 2 atom stereocenters. The van der Waals surface area contributed by atoms with Crippen LogP contribution in [0.1, 0.15) is 45.4 Å². The number of likely N-dealkylation sites (tertiary alicyclic amines) is 1. The van der Waals surface area contributed by atoms with Crippen LogP contribution in [0.5, 0.6) is 0 Å². The zero-order chi connectivity index (χ0) is 25.5. The van der Waals surface area contributed by atoms with Crippen LogP contribution in [0.15, 0.2) is 65.2 Å². The minimum absolute atomic E-state index is 0.0451. The number of rotatable bonds is 4. The summed E-state index contributed by atoms with van der Waals surface area (Å²) in [5.74, 6) is -0.673. The molecule has 8 nitrogen and oxygen atoms in total. The predicted molar refractivity (Wildman–Crippen MR) is 143 cm³/mol. The Morgan fingerprint density at radius 2 is 2.05 bits per heavy atom. The van der Waals surface area contributed by atoms with Crippen molar-refractivity contribution in [2.24, 2.45) is 10.9 Å². The van der Waals surface area contributed by atoms with Gasteiger partial charge in [-0.25, -0.2) is 9.98 Å². The van der Waals surface area contributed by atoms with Crippen molar-refractivity contribution in [3.05, 3.63) is 81.9 Å². The van der Waals surface area contributed by atoms with Crippen molar-refractivity contribution >= 4 is 39.9 Å². The molecule has 3 aliphatic heterocycles. The number of amides is 3. The van der Waals surface area contributed by atoms with Crippen molar-refractivity contribution in [2.75, 3.05) is 25.5 Å². The molecule has 4 heterocycles. The van der Waals surface area contributed by atoms with E-state index < -0.39 is 0 Å². The highest BCUT2D eigenvalue weighted by molar-refractivity contribution is 7.15. The van der Waals surface area contributed by atoms with Crippen LogP contribution in [0, 0.1) is 5.92 Å². The Balaban J connectivity index is 1.18. The number of anilines is 1. The minimum atomic E-state index is -0.273. The second kappa shape index (κ2) is 9.64. The topological polar surface area (TPSA) is 95.0 Å². The maximum atomic E-state index is 13.5. The Morgan fingerprint density at radius 3 is 2.95 bits per heavy atom. The molecule has 3 amide bonds. The lowest BCUT2D eigenvalue weighted by molar-refractivity contribution is -0.127. The molecule has 1 aromatic heterocycles. The summed E-state index contributed by atoms with van der Waals surface area (Å²) >= 11 is 1.54. The van der Waals surface area contributed by atoms with Crippen molar-refractivity contribution in [2.45, 2.75) is 31.8 Å². The Labute approximate surface area is 219 Å². The maximum Gasteiger partial charge on any atom is 0.269 e. The van der Waals surface area contributed by atoms with Crippen LogP contribution in [-0.4, -0.2) is 58.4 Å². The molecule has 4 aliphatic rings. The maximum absolute atomic E-state index is 13.5. The second-order valence-corrected chi connectivity index (χ2v) is 10.9. The van der Waals surface area contributed by atoms with Crippen LogP contribution in [-0.2, 0) is 22.6 Å². The normalized spacial score (nSPS) is 22.8. The Morgan fingerprint density at radius 1 is 1.16 bits per heavy atom. The van der Waals surface area contributed by atoms with E-state index in [1.807, 2.05) is 29.2 Å². The van der Waals surface area contributed by atoms with Gasteiger partial charge in [0.1, 0.15) is 0 Å². The lowest BCUT2D eigenvalue weighted by atomic mass is 9.91. The van der Waals surface area contributed by atoms with Gasteiger partial charge in [0.15, 0.2) is 5.13 Å². The van der Waals surface area contributed by atoms with Gasteiger partial charge in [0.25, 0.3) is 17.7 Å². The summed E-state index contributed by atoms with van der Waals surface area (Å²) in [4.78, 5) is 52.1. The molecule has 0 radical (unpaired) electrons. The average molecular weight is 514 g/mol. The van der Waals surface area contributed by atoms with E-state index in [0.29, 0.717) is 28.5 Å². The lowest BCUT2D eigenvalue weighted by Gasteiger charge is -2.27. The number of nitrogens with zero attached hydrogens (tertiary/aromatic N) is 4. The molecule has 2 aromatic rings. The van der Waals surface area contributed by atoms with Crippen LogP contribution in [0.2, 0.25) is 0 Å². The summed E-state index contributed by atoms with van der Waals surface area (Å²) in [6, 6.07) is 7.44. The Hall–Kier alpha value is -3.69.